The summed E-state index contributed by atoms with van der Waals surface area (Å²) in [6.45, 7) is 9.33. The van der Waals surface area contributed by atoms with Crippen LogP contribution in [0.25, 0.3) is 0 Å². The Morgan fingerprint density at radius 1 is 0.882 bits per heavy atom. The van der Waals surface area contributed by atoms with Gasteiger partial charge >= 0.3 is 0 Å². The fourth-order valence-electron chi connectivity index (χ4n) is 3.51. The average molecular weight is 476 g/mol. The molecular weight excluding hydrogens is 434 g/mol. The quantitative estimate of drug-likeness (QED) is 0.270. The second-order valence-electron chi connectivity index (χ2n) is 9.33. The molecule has 1 rings (SSSR count). The van der Waals surface area contributed by atoms with E-state index >= 15 is 0 Å². The van der Waals surface area contributed by atoms with E-state index < -0.39 is 0 Å². The number of nitrogens with zero attached hydrogens (tertiary/aromatic N) is 3. The van der Waals surface area contributed by atoms with Crippen LogP contribution in [0.3, 0.4) is 0 Å². The van der Waals surface area contributed by atoms with Gasteiger partial charge in [0.15, 0.2) is 0 Å². The molecule has 2 amide bonds. The molecule has 0 saturated carbocycles. The summed E-state index contributed by atoms with van der Waals surface area (Å²) < 4.78 is 5.63. The van der Waals surface area contributed by atoms with Gasteiger partial charge in [-0.15, -0.1) is 0 Å². The first kappa shape index (κ1) is 29.5. The summed E-state index contributed by atoms with van der Waals surface area (Å²) in [7, 11) is 5.39. The maximum Gasteiger partial charge on any atom is 0.236 e. The third kappa shape index (κ3) is 12.0. The van der Waals surface area contributed by atoms with Gasteiger partial charge in [0.2, 0.25) is 11.8 Å². The highest BCUT2D eigenvalue weighted by molar-refractivity contribution is 6.04. The zero-order valence-corrected chi connectivity index (χ0v) is 21.6. The number of carbonyl (C=O) groups excluding carboxylic acids is 4. The minimum Gasteiger partial charge on any atom is -0.380 e. The molecule has 190 valence electrons. The summed E-state index contributed by atoms with van der Waals surface area (Å²) in [5, 5.41) is 0. The van der Waals surface area contributed by atoms with Crippen molar-refractivity contribution < 1.29 is 23.9 Å². The molecule has 0 bridgehead atoms. The van der Waals surface area contributed by atoms with Crippen molar-refractivity contribution in [2.24, 2.45) is 5.92 Å². The summed E-state index contributed by atoms with van der Waals surface area (Å²) in [4.78, 5) is 53.0. The van der Waals surface area contributed by atoms with Crippen LogP contribution in [0.1, 0.15) is 45.6 Å². The number of amides is 2. The van der Waals surface area contributed by atoms with E-state index in [-0.39, 0.29) is 42.6 Å². The van der Waals surface area contributed by atoms with E-state index in [4.69, 9.17) is 4.74 Å². The number of hydrogen-bond donors (Lipinski definition) is 0. The van der Waals surface area contributed by atoms with E-state index in [1.165, 1.54) is 16.7 Å². The summed E-state index contributed by atoms with van der Waals surface area (Å²) >= 11 is 0. The Kier molecular flexibility index (Phi) is 13.3. The molecule has 0 unspecified atom stereocenters. The fourth-order valence-corrected chi connectivity index (χ4v) is 3.51. The van der Waals surface area contributed by atoms with Gasteiger partial charge < -0.3 is 19.4 Å². The first-order valence-electron chi connectivity index (χ1n) is 11.9. The van der Waals surface area contributed by atoms with Gasteiger partial charge in [0.1, 0.15) is 18.0 Å². The molecule has 0 heterocycles. The number of likely N-dealkylation sites (N-methyl/N-ethyl adjacent to an activating group) is 1. The predicted molar refractivity (Wildman–Crippen MR) is 134 cm³/mol. The van der Waals surface area contributed by atoms with Crippen LogP contribution in [0.15, 0.2) is 24.3 Å². The predicted octanol–water partition coefficient (Wildman–Crippen LogP) is 2.58. The zero-order valence-electron chi connectivity index (χ0n) is 21.6. The first-order valence-corrected chi connectivity index (χ1v) is 11.9. The number of ether oxygens (including phenoxy) is 1. The minimum atomic E-state index is -0.314. The number of Topliss-reactive ketones (excluding diaryl/α,β-unsaturated/α-hetero) is 2. The number of benzene rings is 1. The lowest BCUT2D eigenvalue weighted by molar-refractivity contribution is -0.135. The van der Waals surface area contributed by atoms with Gasteiger partial charge in [-0.05, 0) is 44.0 Å². The largest absolute Gasteiger partial charge is 0.380 e. The molecule has 0 aromatic heterocycles. The van der Waals surface area contributed by atoms with E-state index in [0.717, 1.165) is 25.1 Å². The molecule has 0 N–H and O–H groups in total. The Hall–Kier alpha value is -2.58. The second kappa shape index (κ2) is 15.3. The van der Waals surface area contributed by atoms with Crippen LogP contribution < -0.4 is 4.90 Å². The summed E-state index contributed by atoms with van der Waals surface area (Å²) in [5.74, 6) is -0.227. The van der Waals surface area contributed by atoms with E-state index in [1.807, 2.05) is 0 Å². The molecule has 0 aliphatic carbocycles. The van der Waals surface area contributed by atoms with Gasteiger partial charge in [-0.3, -0.25) is 19.2 Å². The molecule has 0 spiro atoms. The van der Waals surface area contributed by atoms with Crippen molar-refractivity contribution in [2.45, 2.75) is 46.5 Å². The molecule has 0 aliphatic rings. The Balaban J connectivity index is 2.36. The van der Waals surface area contributed by atoms with Crippen LogP contribution in [0.5, 0.6) is 0 Å². The first-order chi connectivity index (χ1) is 16.0. The van der Waals surface area contributed by atoms with Crippen molar-refractivity contribution >= 4 is 29.1 Å². The molecule has 0 radical (unpaired) electrons. The Morgan fingerprint density at radius 2 is 1.53 bits per heavy atom. The molecule has 0 aliphatic heterocycles. The van der Waals surface area contributed by atoms with Gasteiger partial charge in [-0.2, -0.15) is 0 Å². The van der Waals surface area contributed by atoms with Crippen molar-refractivity contribution in [1.82, 2.24) is 9.80 Å². The lowest BCUT2D eigenvalue weighted by Gasteiger charge is -2.21. The third-order valence-electron chi connectivity index (χ3n) is 5.35. The SMILES string of the molecule is CC(=O)CC(=O)Cc1ccc(N(C)C(=O)CC(=O)N(C)CCOCCCN(C)CC(C)C)cc1. The van der Waals surface area contributed by atoms with Gasteiger partial charge in [-0.1, -0.05) is 26.0 Å². The van der Waals surface area contributed by atoms with Crippen molar-refractivity contribution in [1.29, 1.82) is 0 Å². The number of carbonyl (C=O) groups is 4. The molecule has 0 fully saturated rings. The highest BCUT2D eigenvalue weighted by atomic mass is 16.5. The fraction of sp³-hybridized carbons (Fsp3) is 0.615. The topological polar surface area (TPSA) is 87.2 Å². The van der Waals surface area contributed by atoms with Gasteiger partial charge in [0, 0.05) is 52.4 Å². The molecule has 0 saturated heterocycles. The summed E-state index contributed by atoms with van der Waals surface area (Å²) in [6.07, 6.45) is 0.813. The summed E-state index contributed by atoms with van der Waals surface area (Å²) in [5.41, 5.74) is 1.41. The Labute approximate surface area is 204 Å². The van der Waals surface area contributed by atoms with Gasteiger partial charge in [0.25, 0.3) is 0 Å². The molecule has 1 aromatic carbocycles. The van der Waals surface area contributed by atoms with Crippen molar-refractivity contribution in [3.05, 3.63) is 29.8 Å². The number of anilines is 1. The molecule has 0 atom stereocenters. The van der Waals surface area contributed by atoms with E-state index in [0.29, 0.717) is 31.4 Å². The van der Waals surface area contributed by atoms with E-state index in [2.05, 4.69) is 25.8 Å². The second-order valence-corrected chi connectivity index (χ2v) is 9.33. The van der Waals surface area contributed by atoms with Crippen LogP contribution in [-0.2, 0) is 30.3 Å². The average Bonchev–Trinajstić information content (AvgIpc) is 2.74. The van der Waals surface area contributed by atoms with Crippen LogP contribution >= 0.6 is 0 Å². The molecular formula is C26H41N3O5. The third-order valence-corrected chi connectivity index (χ3v) is 5.35. The maximum atomic E-state index is 12.5. The smallest absolute Gasteiger partial charge is 0.236 e. The van der Waals surface area contributed by atoms with Crippen molar-refractivity contribution in [2.75, 3.05) is 58.9 Å². The number of rotatable bonds is 16. The Morgan fingerprint density at radius 3 is 2.12 bits per heavy atom. The van der Waals surface area contributed by atoms with Crippen LogP contribution in [0, 0.1) is 5.92 Å². The molecule has 8 nitrogen and oxygen atoms in total. The molecule has 1 aromatic rings. The van der Waals surface area contributed by atoms with Crippen LogP contribution in [-0.4, -0.2) is 87.2 Å². The zero-order chi connectivity index (χ0) is 25.7. The van der Waals surface area contributed by atoms with E-state index in [9.17, 15) is 19.2 Å². The Bertz CT molecular complexity index is 807. The van der Waals surface area contributed by atoms with Crippen LogP contribution in [0.4, 0.5) is 5.69 Å². The monoisotopic (exact) mass is 475 g/mol. The number of ketones is 2. The lowest BCUT2D eigenvalue weighted by atomic mass is 10.1. The van der Waals surface area contributed by atoms with Gasteiger partial charge in [0.05, 0.1) is 13.0 Å². The molecule has 34 heavy (non-hydrogen) atoms. The van der Waals surface area contributed by atoms with Crippen molar-refractivity contribution in [3.63, 3.8) is 0 Å². The highest BCUT2D eigenvalue weighted by Crippen LogP contribution is 2.16. The number of hydrogen-bond acceptors (Lipinski definition) is 6. The maximum absolute atomic E-state index is 12.5. The van der Waals surface area contributed by atoms with E-state index in [1.54, 1.807) is 38.4 Å². The van der Waals surface area contributed by atoms with Crippen molar-refractivity contribution in [3.8, 4) is 0 Å². The standard InChI is InChI=1S/C26H41N3O5/c1-20(2)19-27(4)12-7-14-34-15-13-28(5)25(32)18-26(33)29(6)23-10-8-22(9-11-23)17-24(31)16-21(3)30/h8-11,20H,7,12-19H2,1-6H3. The highest BCUT2D eigenvalue weighted by Gasteiger charge is 2.18. The lowest BCUT2D eigenvalue weighted by Crippen LogP contribution is -2.36. The molecule has 8 heteroatoms. The summed E-state index contributed by atoms with van der Waals surface area (Å²) in [6, 6.07) is 6.97. The van der Waals surface area contributed by atoms with Crippen LogP contribution in [0.2, 0.25) is 0 Å². The normalized spacial score (nSPS) is 11.1. The van der Waals surface area contributed by atoms with Gasteiger partial charge in [-0.25, -0.2) is 0 Å². The minimum absolute atomic E-state index is 0.0730.